The average molecular weight is 624 g/mol. The highest BCUT2D eigenvalue weighted by molar-refractivity contribution is 5.95. The van der Waals surface area contributed by atoms with Crippen LogP contribution in [0.4, 0.5) is 27.0 Å². The molecule has 12 nitrogen and oxygen atoms in total. The zero-order valence-electron chi connectivity index (χ0n) is 27.1. The highest BCUT2D eigenvalue weighted by Gasteiger charge is 2.28. The number of nitrogens with zero attached hydrogens (tertiary/aromatic N) is 5. The van der Waals surface area contributed by atoms with Gasteiger partial charge in [0.2, 0.25) is 5.95 Å². The minimum absolute atomic E-state index is 0.0990. The second kappa shape index (κ2) is 16.3. The normalized spacial score (nSPS) is 18.6. The number of hydrogen-bond donors (Lipinski definition) is 3. The van der Waals surface area contributed by atoms with Crippen molar-refractivity contribution >= 4 is 35.5 Å². The van der Waals surface area contributed by atoms with Crippen molar-refractivity contribution in [3.63, 3.8) is 0 Å². The van der Waals surface area contributed by atoms with Crippen LogP contribution in [0.3, 0.4) is 0 Å². The van der Waals surface area contributed by atoms with Gasteiger partial charge in [-0.15, -0.1) is 0 Å². The van der Waals surface area contributed by atoms with Gasteiger partial charge in [0, 0.05) is 45.2 Å². The van der Waals surface area contributed by atoms with Crippen molar-refractivity contribution in [1.29, 1.82) is 0 Å². The third-order valence-electron chi connectivity index (χ3n) is 8.88. The number of likely N-dealkylation sites (tertiary alicyclic amines) is 1. The highest BCUT2D eigenvalue weighted by atomic mass is 16.6. The largest absolute Gasteiger partial charge is 0.480 e. The van der Waals surface area contributed by atoms with Crippen LogP contribution >= 0.6 is 0 Å². The van der Waals surface area contributed by atoms with Crippen molar-refractivity contribution in [3.05, 3.63) is 36.0 Å². The van der Waals surface area contributed by atoms with Crippen LogP contribution < -0.4 is 25.2 Å². The van der Waals surface area contributed by atoms with Gasteiger partial charge in [0.05, 0.1) is 6.20 Å². The summed E-state index contributed by atoms with van der Waals surface area (Å²) in [7, 11) is 0. The Morgan fingerprint density at radius 2 is 1.73 bits per heavy atom. The molecule has 0 radical (unpaired) electrons. The van der Waals surface area contributed by atoms with Gasteiger partial charge in [-0.1, -0.05) is 38.3 Å². The van der Waals surface area contributed by atoms with E-state index in [1.807, 2.05) is 25.7 Å². The smallest absolute Gasteiger partial charge is 0.415 e. The van der Waals surface area contributed by atoms with Crippen LogP contribution in [0.1, 0.15) is 78.2 Å². The van der Waals surface area contributed by atoms with Gasteiger partial charge in [0.15, 0.2) is 5.82 Å². The van der Waals surface area contributed by atoms with Gasteiger partial charge in [-0.25, -0.2) is 19.4 Å². The lowest BCUT2D eigenvalue weighted by atomic mass is 9.84. The number of carbonyl (C=O) groups excluding carboxylic acids is 2. The Morgan fingerprint density at radius 3 is 2.36 bits per heavy atom. The van der Waals surface area contributed by atoms with Crippen molar-refractivity contribution < 1.29 is 24.2 Å². The molecule has 2 unspecified atom stereocenters. The first-order chi connectivity index (χ1) is 21.8. The summed E-state index contributed by atoms with van der Waals surface area (Å²) >= 11 is 0. The van der Waals surface area contributed by atoms with E-state index in [9.17, 15) is 19.5 Å². The number of benzene rings is 1. The predicted octanol–water partition coefficient (Wildman–Crippen LogP) is 5.53. The van der Waals surface area contributed by atoms with E-state index in [1.165, 1.54) is 6.42 Å². The fourth-order valence-corrected chi connectivity index (χ4v) is 6.16. The number of carboxylic acid groups (broad SMARTS) is 1. The van der Waals surface area contributed by atoms with Crippen molar-refractivity contribution in [2.75, 3.05) is 47.8 Å². The maximum atomic E-state index is 13.6. The number of ether oxygens (including phenoxy) is 1. The van der Waals surface area contributed by atoms with Crippen LogP contribution in [-0.2, 0) is 11.2 Å². The number of amides is 3. The predicted molar refractivity (Wildman–Crippen MR) is 175 cm³/mol. The molecule has 1 saturated carbocycles. The molecule has 3 amide bonds. The maximum Gasteiger partial charge on any atom is 0.415 e. The van der Waals surface area contributed by atoms with E-state index in [-0.39, 0.29) is 30.4 Å². The summed E-state index contributed by atoms with van der Waals surface area (Å²) in [4.78, 5) is 53.0. The Morgan fingerprint density at radius 1 is 1.02 bits per heavy atom. The van der Waals surface area contributed by atoms with Crippen molar-refractivity contribution in [3.8, 4) is 5.75 Å². The van der Waals surface area contributed by atoms with E-state index in [0.717, 1.165) is 44.1 Å². The molecule has 246 valence electrons. The number of urea groups is 1. The molecule has 1 aliphatic heterocycles. The minimum Gasteiger partial charge on any atom is -0.480 e. The summed E-state index contributed by atoms with van der Waals surface area (Å²) in [6.07, 6.45) is 8.60. The van der Waals surface area contributed by atoms with E-state index >= 15 is 0 Å². The van der Waals surface area contributed by atoms with Gasteiger partial charge in [-0.3, -0.25) is 4.90 Å². The Kier molecular flexibility index (Phi) is 12.2. The van der Waals surface area contributed by atoms with E-state index in [0.29, 0.717) is 56.0 Å². The molecule has 1 aromatic carbocycles. The zero-order valence-corrected chi connectivity index (χ0v) is 27.1. The molecule has 3 atom stereocenters. The summed E-state index contributed by atoms with van der Waals surface area (Å²) in [6, 6.07) is 5.67. The Labute approximate surface area is 266 Å². The third-order valence-corrected chi connectivity index (χ3v) is 8.88. The molecule has 1 aromatic heterocycles. The van der Waals surface area contributed by atoms with Gasteiger partial charge >= 0.3 is 18.1 Å². The number of hydrogen-bond acceptors (Lipinski definition) is 8. The molecular formula is C33H49N7O5. The number of aliphatic carboxylic acids is 1. The van der Waals surface area contributed by atoms with Crippen molar-refractivity contribution in [2.45, 2.75) is 91.1 Å². The summed E-state index contributed by atoms with van der Waals surface area (Å²) in [5, 5.41) is 16.6. The van der Waals surface area contributed by atoms with Crippen LogP contribution in [0, 0.1) is 5.92 Å². The third kappa shape index (κ3) is 8.98. The molecule has 2 heterocycles. The molecule has 1 aliphatic carbocycles. The standard InChI is InChI=1S/C33H49N7O5/c1-5-23-12-11-13-25(20-23)35-32(43)40(8-4)28-22-34-31(38(6-2)7-3)37-29(28)36-27(30(41)42)21-24-14-16-26(17-15-24)45-33(44)39-18-9-10-19-39/h14-17,22-23,25,27H,5-13,18-21H2,1-4H3,(H,35,43)(H,41,42)(H,34,36,37)/t23?,25?,27-/m0/s1. The second-order valence-electron chi connectivity index (χ2n) is 11.9. The quantitative estimate of drug-likeness (QED) is 0.263. The number of carboxylic acids is 1. The first-order valence-electron chi connectivity index (χ1n) is 16.5. The number of anilines is 3. The van der Waals surface area contributed by atoms with Crippen LogP contribution in [0.15, 0.2) is 30.5 Å². The van der Waals surface area contributed by atoms with E-state index in [4.69, 9.17) is 9.72 Å². The molecule has 2 fully saturated rings. The lowest BCUT2D eigenvalue weighted by molar-refractivity contribution is -0.137. The van der Waals surface area contributed by atoms with E-state index < -0.39 is 12.0 Å². The van der Waals surface area contributed by atoms with Gasteiger partial charge < -0.3 is 30.3 Å². The maximum absolute atomic E-state index is 13.6. The van der Waals surface area contributed by atoms with Crippen LogP contribution in [-0.4, -0.2) is 82.9 Å². The van der Waals surface area contributed by atoms with Crippen LogP contribution in [0.25, 0.3) is 0 Å². The average Bonchev–Trinajstić information content (AvgIpc) is 3.59. The number of rotatable bonds is 13. The summed E-state index contributed by atoms with van der Waals surface area (Å²) < 4.78 is 5.49. The summed E-state index contributed by atoms with van der Waals surface area (Å²) in [5.41, 5.74) is 1.16. The zero-order chi connectivity index (χ0) is 32.3. The molecule has 2 aliphatic rings. The first kappa shape index (κ1) is 33.8. The van der Waals surface area contributed by atoms with Crippen molar-refractivity contribution in [2.24, 2.45) is 5.92 Å². The lowest BCUT2D eigenvalue weighted by Crippen LogP contribution is -2.47. The topological polar surface area (TPSA) is 140 Å². The fourth-order valence-electron chi connectivity index (χ4n) is 6.16. The summed E-state index contributed by atoms with van der Waals surface area (Å²) in [5.74, 6) is 0.686. The Bertz CT molecular complexity index is 1280. The van der Waals surface area contributed by atoms with E-state index in [1.54, 1.807) is 40.3 Å². The van der Waals surface area contributed by atoms with Crippen molar-refractivity contribution in [1.82, 2.24) is 20.2 Å². The molecule has 3 N–H and O–H groups in total. The van der Waals surface area contributed by atoms with Crippen LogP contribution in [0.2, 0.25) is 0 Å². The minimum atomic E-state index is -1.06. The number of nitrogens with one attached hydrogen (secondary N) is 2. The Hall–Kier alpha value is -4.09. The molecule has 2 aromatic rings. The molecule has 0 spiro atoms. The molecule has 45 heavy (non-hydrogen) atoms. The van der Waals surface area contributed by atoms with Gasteiger partial charge in [-0.05, 0) is 70.1 Å². The first-order valence-corrected chi connectivity index (χ1v) is 16.5. The fraction of sp³-hybridized carbons (Fsp3) is 0.606. The Balaban J connectivity index is 1.54. The molecule has 1 saturated heterocycles. The number of aromatic nitrogens is 2. The van der Waals surface area contributed by atoms with Crippen LogP contribution in [0.5, 0.6) is 5.75 Å². The molecule has 4 rings (SSSR count). The molecular weight excluding hydrogens is 574 g/mol. The van der Waals surface area contributed by atoms with Gasteiger partial charge in [0.1, 0.15) is 17.5 Å². The molecule has 0 bridgehead atoms. The highest BCUT2D eigenvalue weighted by Crippen LogP contribution is 2.29. The SMILES string of the molecule is CCC1CCCC(NC(=O)N(CC)c2cnc(N(CC)CC)nc2N[C@@H](Cc2ccc(OC(=O)N3CCCC3)cc2)C(=O)O)C1. The number of carbonyl (C=O) groups is 3. The molecule has 12 heteroatoms. The van der Waals surface area contributed by atoms with E-state index in [2.05, 4.69) is 22.5 Å². The van der Waals surface area contributed by atoms with Gasteiger partial charge in [0.25, 0.3) is 0 Å². The van der Waals surface area contributed by atoms with Gasteiger partial charge in [-0.2, -0.15) is 4.98 Å². The monoisotopic (exact) mass is 623 g/mol. The lowest BCUT2D eigenvalue weighted by Gasteiger charge is -2.32. The second-order valence-corrected chi connectivity index (χ2v) is 11.9. The summed E-state index contributed by atoms with van der Waals surface area (Å²) in [6.45, 7) is 11.2.